The highest BCUT2D eigenvalue weighted by atomic mass is 16.3. The lowest BCUT2D eigenvalue weighted by atomic mass is 10.1. The molecule has 1 aliphatic rings. The molecule has 0 unspecified atom stereocenters. The zero-order chi connectivity index (χ0) is 14.3. The van der Waals surface area contributed by atoms with Gasteiger partial charge in [-0.1, -0.05) is 13.8 Å². The molecule has 1 aliphatic heterocycles. The second kappa shape index (κ2) is 4.59. The first-order valence-corrected chi connectivity index (χ1v) is 6.54. The predicted octanol–water partition coefficient (Wildman–Crippen LogP) is 2.90. The molecule has 0 aromatic carbocycles. The van der Waals surface area contributed by atoms with Crippen LogP contribution in [0.25, 0.3) is 11.6 Å². The van der Waals surface area contributed by atoms with Crippen molar-refractivity contribution in [2.75, 3.05) is 0 Å². The molecule has 20 heavy (non-hydrogen) atoms. The van der Waals surface area contributed by atoms with Crippen LogP contribution in [0.3, 0.4) is 0 Å². The molecular formula is C15H16N4O. The van der Waals surface area contributed by atoms with E-state index in [-0.39, 0.29) is 11.8 Å². The molecule has 2 aromatic heterocycles. The second-order valence-electron chi connectivity index (χ2n) is 5.13. The molecule has 0 saturated heterocycles. The van der Waals surface area contributed by atoms with E-state index in [4.69, 9.17) is 0 Å². The number of aromatic nitrogens is 3. The van der Waals surface area contributed by atoms with Crippen molar-refractivity contribution in [3.63, 3.8) is 0 Å². The minimum Gasteiger partial charge on any atom is -0.493 e. The Bertz CT molecular complexity index is 725. The third-order valence-corrected chi connectivity index (χ3v) is 3.36. The minimum atomic E-state index is 0.173. The van der Waals surface area contributed by atoms with Crippen LogP contribution in [0.5, 0.6) is 5.88 Å². The Kier molecular flexibility index (Phi) is 2.89. The fourth-order valence-electron chi connectivity index (χ4n) is 2.33. The molecule has 2 aromatic rings. The van der Waals surface area contributed by atoms with Gasteiger partial charge in [-0.2, -0.15) is 0 Å². The third kappa shape index (κ3) is 1.91. The average Bonchev–Trinajstić information content (AvgIpc) is 2.96. The Morgan fingerprint density at radius 2 is 2.15 bits per heavy atom. The number of rotatable bonds is 2. The van der Waals surface area contributed by atoms with Crippen LogP contribution in [0.2, 0.25) is 0 Å². The van der Waals surface area contributed by atoms with Crippen molar-refractivity contribution in [1.82, 2.24) is 14.5 Å². The standard InChI is InChI=1S/C15H16N4O/c1-9(2)14-18-12(15(20)19(14)3)7-10-8-17-13-11(10)5-4-6-16-13/h4-9,20H,1-3H3. The summed E-state index contributed by atoms with van der Waals surface area (Å²) in [7, 11) is 1.82. The van der Waals surface area contributed by atoms with Gasteiger partial charge in [0, 0.05) is 36.5 Å². The maximum atomic E-state index is 10.2. The number of aromatic hydroxyl groups is 1. The third-order valence-electron chi connectivity index (χ3n) is 3.36. The van der Waals surface area contributed by atoms with Gasteiger partial charge in [-0.15, -0.1) is 0 Å². The Morgan fingerprint density at radius 1 is 1.35 bits per heavy atom. The van der Waals surface area contributed by atoms with E-state index in [9.17, 15) is 5.11 Å². The summed E-state index contributed by atoms with van der Waals surface area (Å²) in [6.07, 6.45) is 5.31. The van der Waals surface area contributed by atoms with Crippen molar-refractivity contribution in [3.8, 4) is 5.88 Å². The predicted molar refractivity (Wildman–Crippen MR) is 79.2 cm³/mol. The molecule has 5 nitrogen and oxygen atoms in total. The number of fused-ring (bicyclic) bond motifs is 1. The van der Waals surface area contributed by atoms with Crippen molar-refractivity contribution < 1.29 is 5.11 Å². The number of allylic oxidation sites excluding steroid dienone is 1. The quantitative estimate of drug-likeness (QED) is 0.910. The van der Waals surface area contributed by atoms with Crippen molar-refractivity contribution >= 4 is 23.7 Å². The molecule has 0 saturated carbocycles. The molecule has 0 amide bonds. The first kappa shape index (κ1) is 12.6. The van der Waals surface area contributed by atoms with Gasteiger partial charge in [0.2, 0.25) is 5.88 Å². The van der Waals surface area contributed by atoms with E-state index < -0.39 is 0 Å². The van der Waals surface area contributed by atoms with Crippen molar-refractivity contribution in [2.24, 2.45) is 12.0 Å². The summed E-state index contributed by atoms with van der Waals surface area (Å²) >= 11 is 0. The molecule has 0 fully saturated rings. The normalized spacial score (nSPS) is 15.3. The number of pyridine rings is 1. The second-order valence-corrected chi connectivity index (χ2v) is 5.13. The summed E-state index contributed by atoms with van der Waals surface area (Å²) in [5, 5.41) is 10.2. The van der Waals surface area contributed by atoms with Crippen LogP contribution < -0.4 is 0 Å². The lowest BCUT2D eigenvalue weighted by Gasteiger charge is -2.03. The van der Waals surface area contributed by atoms with Gasteiger partial charge in [-0.25, -0.2) is 15.0 Å². The van der Waals surface area contributed by atoms with Crippen LogP contribution in [0, 0.1) is 0 Å². The lowest BCUT2D eigenvalue weighted by Crippen LogP contribution is -1.98. The summed E-state index contributed by atoms with van der Waals surface area (Å²) in [6.45, 7) is 4.10. The van der Waals surface area contributed by atoms with E-state index in [0.29, 0.717) is 11.5 Å². The van der Waals surface area contributed by atoms with E-state index >= 15 is 0 Å². The molecule has 5 heteroatoms. The van der Waals surface area contributed by atoms with E-state index in [1.165, 1.54) is 0 Å². The number of hydrogen-bond acceptors (Lipinski definition) is 4. The molecule has 0 aliphatic carbocycles. The van der Waals surface area contributed by atoms with Gasteiger partial charge >= 0.3 is 0 Å². The molecule has 0 bridgehead atoms. The van der Waals surface area contributed by atoms with Crippen LogP contribution in [-0.4, -0.2) is 25.9 Å². The van der Waals surface area contributed by atoms with Gasteiger partial charge in [0.25, 0.3) is 0 Å². The fourth-order valence-corrected chi connectivity index (χ4v) is 2.33. The summed E-state index contributed by atoms with van der Waals surface area (Å²) in [4.78, 5) is 12.9. The van der Waals surface area contributed by atoms with Crippen LogP contribution in [0.1, 0.15) is 36.8 Å². The maximum Gasteiger partial charge on any atom is 0.218 e. The van der Waals surface area contributed by atoms with Gasteiger partial charge < -0.3 is 9.67 Å². The largest absolute Gasteiger partial charge is 0.493 e. The van der Waals surface area contributed by atoms with Gasteiger partial charge in [0.1, 0.15) is 11.5 Å². The molecule has 0 spiro atoms. The molecule has 102 valence electrons. The smallest absolute Gasteiger partial charge is 0.218 e. The van der Waals surface area contributed by atoms with E-state index in [1.807, 2.05) is 25.3 Å². The molecule has 0 radical (unpaired) electrons. The summed E-state index contributed by atoms with van der Waals surface area (Å²) < 4.78 is 1.72. The minimum absolute atomic E-state index is 0.173. The zero-order valence-corrected chi connectivity index (χ0v) is 11.7. The highest BCUT2D eigenvalue weighted by molar-refractivity contribution is 6.20. The van der Waals surface area contributed by atoms with Crippen LogP contribution in [-0.2, 0) is 7.05 Å². The Hall–Kier alpha value is -2.43. The first-order chi connectivity index (χ1) is 9.58. The van der Waals surface area contributed by atoms with E-state index in [0.717, 1.165) is 17.0 Å². The average molecular weight is 268 g/mol. The molecule has 1 N–H and O–H groups in total. The van der Waals surface area contributed by atoms with Gasteiger partial charge in [0.15, 0.2) is 5.82 Å². The van der Waals surface area contributed by atoms with E-state index in [2.05, 4.69) is 28.8 Å². The molecule has 3 heterocycles. The lowest BCUT2D eigenvalue weighted by molar-refractivity contribution is 0.426. The van der Waals surface area contributed by atoms with Crippen LogP contribution in [0.15, 0.2) is 23.3 Å². The number of nitrogens with zero attached hydrogens (tertiary/aromatic N) is 4. The summed E-state index contributed by atoms with van der Waals surface area (Å²) in [6, 6.07) is 3.84. The first-order valence-electron chi connectivity index (χ1n) is 6.54. The van der Waals surface area contributed by atoms with Crippen LogP contribution in [0.4, 0.5) is 5.82 Å². The van der Waals surface area contributed by atoms with Crippen molar-refractivity contribution in [2.45, 2.75) is 19.8 Å². The van der Waals surface area contributed by atoms with Gasteiger partial charge in [-0.3, -0.25) is 0 Å². The SMILES string of the molecule is CC(C)c1nc(C=C2C=Nc3ncccc32)c(O)n1C. The highest BCUT2D eigenvalue weighted by Crippen LogP contribution is 2.32. The molecule has 0 atom stereocenters. The Labute approximate surface area is 117 Å². The van der Waals surface area contributed by atoms with Gasteiger partial charge in [-0.05, 0) is 18.2 Å². The van der Waals surface area contributed by atoms with Crippen molar-refractivity contribution in [3.05, 3.63) is 35.4 Å². The number of hydrogen-bond donors (Lipinski definition) is 1. The van der Waals surface area contributed by atoms with Crippen LogP contribution >= 0.6 is 0 Å². The Balaban J connectivity index is 2.07. The number of imidazole rings is 1. The molecule has 3 rings (SSSR count). The van der Waals surface area contributed by atoms with Gasteiger partial charge in [0.05, 0.1) is 0 Å². The Morgan fingerprint density at radius 3 is 2.85 bits per heavy atom. The highest BCUT2D eigenvalue weighted by Gasteiger charge is 2.17. The molecular weight excluding hydrogens is 252 g/mol. The fraction of sp³-hybridized carbons (Fsp3) is 0.267. The zero-order valence-electron chi connectivity index (χ0n) is 11.7. The maximum absolute atomic E-state index is 10.2. The van der Waals surface area contributed by atoms with E-state index in [1.54, 1.807) is 17.0 Å². The van der Waals surface area contributed by atoms with Crippen molar-refractivity contribution in [1.29, 1.82) is 0 Å². The summed E-state index contributed by atoms with van der Waals surface area (Å²) in [5.41, 5.74) is 2.44. The monoisotopic (exact) mass is 268 g/mol. The number of aliphatic imine (C=N–C) groups is 1. The summed E-state index contributed by atoms with van der Waals surface area (Å²) in [5.74, 6) is 1.99. The topological polar surface area (TPSA) is 63.3 Å².